The van der Waals surface area contributed by atoms with Gasteiger partial charge in [0.1, 0.15) is 7.05 Å². The van der Waals surface area contributed by atoms with E-state index in [0.29, 0.717) is 0 Å². The normalized spacial score (nSPS) is 10.2. The van der Waals surface area contributed by atoms with Crippen LogP contribution in [0.1, 0.15) is 5.56 Å². The van der Waals surface area contributed by atoms with Gasteiger partial charge in [-0.05, 0) is 5.56 Å². The Morgan fingerprint density at radius 2 is 1.67 bits per heavy atom. The summed E-state index contributed by atoms with van der Waals surface area (Å²) >= 11 is 1.87. The Balaban J connectivity index is 1.96. The molecule has 0 amide bonds. The molecule has 76 valence electrons. The molecular weight excluding hydrogens is 202 g/mol. The van der Waals surface area contributed by atoms with E-state index in [4.69, 9.17) is 0 Å². The van der Waals surface area contributed by atoms with E-state index in [9.17, 15) is 0 Å². The molecule has 0 aliphatic heterocycles. The predicted octanol–water partition coefficient (Wildman–Crippen LogP) is 2.80. The summed E-state index contributed by atoms with van der Waals surface area (Å²) < 4.78 is 2.05. The predicted molar refractivity (Wildman–Crippen MR) is 63.6 cm³/mol. The minimum atomic E-state index is 1.04. The molecule has 0 saturated carbocycles. The van der Waals surface area contributed by atoms with E-state index in [1.807, 2.05) is 23.4 Å². The van der Waals surface area contributed by atoms with E-state index in [-0.39, 0.29) is 0 Å². The summed E-state index contributed by atoms with van der Waals surface area (Å²) in [6.45, 7) is 0. The number of pyridine rings is 1. The molecule has 2 rings (SSSR count). The number of benzene rings is 1. The molecule has 2 heteroatoms. The van der Waals surface area contributed by atoms with Gasteiger partial charge >= 0.3 is 0 Å². The molecule has 0 bridgehead atoms. The first-order valence-electron chi connectivity index (χ1n) is 4.96. The first-order valence-corrected chi connectivity index (χ1v) is 5.95. The molecule has 0 fully saturated rings. The SMILES string of the molecule is C[n+]1ccc(SCc2ccccc2)cc1. The quantitative estimate of drug-likeness (QED) is 0.563. The van der Waals surface area contributed by atoms with Gasteiger partial charge in [-0.25, -0.2) is 4.57 Å². The Kier molecular flexibility index (Phi) is 3.41. The molecule has 2 aromatic rings. The van der Waals surface area contributed by atoms with Crippen molar-refractivity contribution in [2.45, 2.75) is 10.6 Å². The third kappa shape index (κ3) is 3.10. The third-order valence-electron chi connectivity index (χ3n) is 2.20. The van der Waals surface area contributed by atoms with Crippen molar-refractivity contribution in [3.8, 4) is 0 Å². The van der Waals surface area contributed by atoms with Crippen molar-refractivity contribution < 1.29 is 4.57 Å². The summed E-state index contributed by atoms with van der Waals surface area (Å²) in [5.41, 5.74) is 1.37. The van der Waals surface area contributed by atoms with Crippen molar-refractivity contribution in [1.82, 2.24) is 0 Å². The molecule has 1 aromatic carbocycles. The van der Waals surface area contributed by atoms with Crippen molar-refractivity contribution >= 4 is 11.8 Å². The van der Waals surface area contributed by atoms with Crippen LogP contribution >= 0.6 is 11.8 Å². The fourth-order valence-corrected chi connectivity index (χ4v) is 2.16. The van der Waals surface area contributed by atoms with Crippen LogP contribution in [0.15, 0.2) is 59.8 Å². The lowest BCUT2D eigenvalue weighted by atomic mass is 10.2. The highest BCUT2D eigenvalue weighted by atomic mass is 32.2. The van der Waals surface area contributed by atoms with Gasteiger partial charge in [0.25, 0.3) is 0 Å². The van der Waals surface area contributed by atoms with Gasteiger partial charge in [-0.1, -0.05) is 30.3 Å². The molecular formula is C13H14NS+. The highest BCUT2D eigenvalue weighted by molar-refractivity contribution is 7.98. The van der Waals surface area contributed by atoms with Crippen LogP contribution in [0.4, 0.5) is 0 Å². The van der Waals surface area contributed by atoms with Crippen LogP contribution in [0.5, 0.6) is 0 Å². The van der Waals surface area contributed by atoms with E-state index in [0.717, 1.165) is 5.75 Å². The molecule has 0 unspecified atom stereocenters. The topological polar surface area (TPSA) is 3.88 Å². The Hall–Kier alpha value is -1.28. The Labute approximate surface area is 94.8 Å². The van der Waals surface area contributed by atoms with Gasteiger partial charge in [0.2, 0.25) is 0 Å². The second-order valence-electron chi connectivity index (χ2n) is 3.47. The Morgan fingerprint density at radius 1 is 1.00 bits per heavy atom. The monoisotopic (exact) mass is 216 g/mol. The molecule has 1 aromatic heterocycles. The lowest BCUT2D eigenvalue weighted by molar-refractivity contribution is -0.671. The lowest BCUT2D eigenvalue weighted by Crippen LogP contribution is -2.25. The number of rotatable bonds is 3. The van der Waals surface area contributed by atoms with Gasteiger partial charge in [-0.2, -0.15) is 0 Å². The van der Waals surface area contributed by atoms with Crippen LogP contribution in [-0.2, 0) is 12.8 Å². The fourth-order valence-electron chi connectivity index (χ4n) is 1.32. The lowest BCUT2D eigenvalue weighted by Gasteiger charge is -2.00. The van der Waals surface area contributed by atoms with Crippen molar-refractivity contribution in [2.24, 2.45) is 7.05 Å². The van der Waals surface area contributed by atoms with Crippen LogP contribution in [0.3, 0.4) is 0 Å². The van der Waals surface area contributed by atoms with Crippen molar-refractivity contribution in [2.75, 3.05) is 0 Å². The maximum atomic E-state index is 2.16. The van der Waals surface area contributed by atoms with Crippen molar-refractivity contribution in [3.05, 3.63) is 60.4 Å². The first-order chi connectivity index (χ1) is 7.34. The van der Waals surface area contributed by atoms with Gasteiger partial charge in [0.15, 0.2) is 12.4 Å². The average Bonchev–Trinajstić information content (AvgIpc) is 2.30. The smallest absolute Gasteiger partial charge is 0.169 e. The molecule has 0 aliphatic carbocycles. The molecule has 0 radical (unpaired) electrons. The third-order valence-corrected chi connectivity index (χ3v) is 3.28. The Bertz CT molecular complexity index is 408. The van der Waals surface area contributed by atoms with Gasteiger partial charge in [-0.15, -0.1) is 11.8 Å². The van der Waals surface area contributed by atoms with Gasteiger partial charge in [0.05, 0.1) is 0 Å². The maximum absolute atomic E-state index is 2.16. The summed E-state index contributed by atoms with van der Waals surface area (Å²) in [6.07, 6.45) is 4.15. The highest BCUT2D eigenvalue weighted by Crippen LogP contribution is 2.20. The molecule has 0 spiro atoms. The summed E-state index contributed by atoms with van der Waals surface area (Å²) in [5, 5.41) is 0. The zero-order valence-corrected chi connectivity index (χ0v) is 9.58. The second kappa shape index (κ2) is 4.99. The second-order valence-corrected chi connectivity index (χ2v) is 4.52. The largest absolute Gasteiger partial charge is 0.208 e. The number of hydrogen-bond acceptors (Lipinski definition) is 1. The summed E-state index contributed by atoms with van der Waals surface area (Å²) in [4.78, 5) is 1.32. The fraction of sp³-hybridized carbons (Fsp3) is 0.154. The maximum Gasteiger partial charge on any atom is 0.169 e. The average molecular weight is 216 g/mol. The standard InChI is InChI=1S/C13H14NS/c1-14-9-7-13(8-10-14)15-11-12-5-3-2-4-6-12/h2-10H,11H2,1H3/q+1. The van der Waals surface area contributed by atoms with E-state index in [2.05, 4.69) is 54.9 Å². The van der Waals surface area contributed by atoms with Gasteiger partial charge in [-0.3, -0.25) is 0 Å². The van der Waals surface area contributed by atoms with Crippen LogP contribution in [-0.4, -0.2) is 0 Å². The van der Waals surface area contributed by atoms with E-state index < -0.39 is 0 Å². The minimum Gasteiger partial charge on any atom is -0.208 e. The molecule has 15 heavy (non-hydrogen) atoms. The minimum absolute atomic E-state index is 1.04. The molecule has 0 saturated heterocycles. The number of hydrogen-bond donors (Lipinski definition) is 0. The Morgan fingerprint density at radius 3 is 2.33 bits per heavy atom. The van der Waals surface area contributed by atoms with Crippen LogP contribution in [0.25, 0.3) is 0 Å². The number of thioether (sulfide) groups is 1. The molecule has 1 heterocycles. The number of aromatic nitrogens is 1. The van der Waals surface area contributed by atoms with Crippen LogP contribution in [0, 0.1) is 0 Å². The summed E-state index contributed by atoms with van der Waals surface area (Å²) in [5.74, 6) is 1.04. The zero-order valence-electron chi connectivity index (χ0n) is 8.76. The summed E-state index contributed by atoms with van der Waals surface area (Å²) in [7, 11) is 2.03. The van der Waals surface area contributed by atoms with Crippen molar-refractivity contribution in [3.63, 3.8) is 0 Å². The first kappa shape index (κ1) is 10.2. The molecule has 0 aliphatic rings. The molecule has 1 nitrogen and oxygen atoms in total. The number of nitrogens with zero attached hydrogens (tertiary/aromatic N) is 1. The van der Waals surface area contributed by atoms with Crippen LogP contribution < -0.4 is 4.57 Å². The molecule has 0 N–H and O–H groups in total. The van der Waals surface area contributed by atoms with Crippen molar-refractivity contribution in [1.29, 1.82) is 0 Å². The highest BCUT2D eigenvalue weighted by Gasteiger charge is 1.97. The summed E-state index contributed by atoms with van der Waals surface area (Å²) in [6, 6.07) is 14.8. The zero-order chi connectivity index (χ0) is 10.5. The van der Waals surface area contributed by atoms with E-state index in [1.54, 1.807) is 0 Å². The van der Waals surface area contributed by atoms with Gasteiger partial charge in [0, 0.05) is 22.8 Å². The van der Waals surface area contributed by atoms with E-state index >= 15 is 0 Å². The number of aryl methyl sites for hydroxylation is 1. The molecule has 0 atom stereocenters. The van der Waals surface area contributed by atoms with Crippen LogP contribution in [0.2, 0.25) is 0 Å². The van der Waals surface area contributed by atoms with Gasteiger partial charge < -0.3 is 0 Å². The van der Waals surface area contributed by atoms with E-state index in [1.165, 1.54) is 10.5 Å².